The number of hydrogen-bond acceptors (Lipinski definition) is 6. The summed E-state index contributed by atoms with van der Waals surface area (Å²) in [5, 5.41) is 0. The molecule has 0 aromatic rings. The molecular weight excluding hydrogens is 408 g/mol. The second kappa shape index (κ2) is 8.64. The first-order valence-electron chi connectivity index (χ1n) is 12.6. The molecule has 4 saturated carbocycles. The van der Waals surface area contributed by atoms with Crippen molar-refractivity contribution in [1.29, 1.82) is 0 Å². The largest absolute Gasteiger partial charge is 0.511 e. The molecule has 0 aromatic heterocycles. The number of esters is 1. The molecule has 0 amide bonds. The molecule has 32 heavy (non-hydrogen) atoms. The van der Waals surface area contributed by atoms with E-state index in [4.69, 9.17) is 14.2 Å². The second-order valence-corrected chi connectivity index (χ2v) is 11.5. The van der Waals surface area contributed by atoms with E-state index in [2.05, 4.69) is 13.8 Å². The van der Waals surface area contributed by atoms with Gasteiger partial charge in [0.25, 0.3) is 0 Å². The Morgan fingerprint density at radius 1 is 0.844 bits per heavy atom. The molecule has 0 heterocycles. The zero-order chi connectivity index (χ0) is 23.3. The van der Waals surface area contributed by atoms with Gasteiger partial charge >= 0.3 is 12.1 Å². The number of rotatable bonds is 4. The highest BCUT2D eigenvalue weighted by Crippen LogP contribution is 2.67. The number of fused-ring (bicyclic) bond motifs is 5. The molecule has 0 radical (unpaired) electrons. The van der Waals surface area contributed by atoms with E-state index in [1.54, 1.807) is 6.92 Å². The Morgan fingerprint density at radius 2 is 1.53 bits per heavy atom. The molecule has 0 aliphatic heterocycles. The third-order valence-corrected chi connectivity index (χ3v) is 9.97. The summed E-state index contributed by atoms with van der Waals surface area (Å²) in [5.74, 6) is 2.82. The summed E-state index contributed by atoms with van der Waals surface area (Å²) in [5.41, 5.74) is 0.478. The van der Waals surface area contributed by atoms with Crippen molar-refractivity contribution in [3.63, 3.8) is 0 Å². The van der Waals surface area contributed by atoms with E-state index < -0.39 is 18.4 Å². The first-order valence-corrected chi connectivity index (χ1v) is 12.6. The van der Waals surface area contributed by atoms with Gasteiger partial charge in [0.2, 0.25) is 6.29 Å². The lowest BCUT2D eigenvalue weighted by Gasteiger charge is -2.61. The molecule has 180 valence electrons. The summed E-state index contributed by atoms with van der Waals surface area (Å²) in [6.07, 6.45) is 8.06. The average molecular weight is 449 g/mol. The quantitative estimate of drug-likeness (QED) is 0.407. The summed E-state index contributed by atoms with van der Waals surface area (Å²) in [6.45, 7) is 9.46. The zero-order valence-corrected chi connectivity index (χ0v) is 20.4. The fourth-order valence-electron chi connectivity index (χ4n) is 8.55. The third-order valence-electron chi connectivity index (χ3n) is 9.97. The van der Waals surface area contributed by atoms with Crippen molar-refractivity contribution >= 4 is 17.9 Å². The van der Waals surface area contributed by atoms with Crippen molar-refractivity contribution in [2.24, 2.45) is 40.4 Å². The molecule has 4 rings (SSSR count). The molecule has 0 saturated heterocycles. The van der Waals surface area contributed by atoms with Crippen molar-refractivity contribution in [3.05, 3.63) is 0 Å². The lowest BCUT2D eigenvalue weighted by atomic mass is 9.44. The molecule has 0 bridgehead atoms. The van der Waals surface area contributed by atoms with Crippen molar-refractivity contribution < 1.29 is 28.6 Å². The van der Waals surface area contributed by atoms with Crippen LogP contribution in [0.4, 0.5) is 4.79 Å². The molecule has 0 spiro atoms. The first kappa shape index (κ1) is 23.6. The van der Waals surface area contributed by atoms with Crippen LogP contribution in [-0.4, -0.2) is 30.3 Å². The Bertz CT molecular complexity index is 763. The predicted molar refractivity (Wildman–Crippen MR) is 118 cm³/mol. The number of carbonyl (C=O) groups excluding carboxylic acids is 3. The summed E-state index contributed by atoms with van der Waals surface area (Å²) in [4.78, 5) is 35.5. The Hall–Kier alpha value is -1.59. The number of carbonyl (C=O) groups is 3. The maximum atomic E-state index is 12.3. The minimum absolute atomic E-state index is 0.135. The Labute approximate surface area is 192 Å². The van der Waals surface area contributed by atoms with E-state index in [1.807, 2.05) is 0 Å². The molecule has 4 fully saturated rings. The van der Waals surface area contributed by atoms with Crippen LogP contribution in [-0.2, 0) is 23.8 Å². The van der Waals surface area contributed by atoms with E-state index in [9.17, 15) is 14.4 Å². The van der Waals surface area contributed by atoms with E-state index in [0.29, 0.717) is 23.5 Å². The number of ether oxygens (including phenoxy) is 3. The van der Waals surface area contributed by atoms with Gasteiger partial charge in [-0.05, 0) is 99.2 Å². The summed E-state index contributed by atoms with van der Waals surface area (Å²) in [6, 6.07) is 0. The van der Waals surface area contributed by atoms with Crippen LogP contribution in [0.25, 0.3) is 0 Å². The van der Waals surface area contributed by atoms with Gasteiger partial charge < -0.3 is 14.2 Å². The topological polar surface area (TPSA) is 78.9 Å². The maximum absolute atomic E-state index is 12.3. The second-order valence-electron chi connectivity index (χ2n) is 11.5. The number of ketones is 1. The van der Waals surface area contributed by atoms with E-state index >= 15 is 0 Å². The number of Topliss-reactive ketones (excluding diaryl/α,β-unsaturated/α-hetero) is 1. The van der Waals surface area contributed by atoms with Crippen LogP contribution >= 0.6 is 0 Å². The van der Waals surface area contributed by atoms with Gasteiger partial charge in [0, 0.05) is 19.8 Å². The highest BCUT2D eigenvalue weighted by Gasteiger charge is 2.61. The van der Waals surface area contributed by atoms with Gasteiger partial charge in [-0.1, -0.05) is 13.8 Å². The van der Waals surface area contributed by atoms with Crippen molar-refractivity contribution in [3.8, 4) is 0 Å². The maximum Gasteiger partial charge on any atom is 0.511 e. The van der Waals surface area contributed by atoms with Crippen LogP contribution in [0.15, 0.2) is 0 Å². The number of hydrogen-bond donors (Lipinski definition) is 0. The minimum atomic E-state index is -0.939. The van der Waals surface area contributed by atoms with Gasteiger partial charge in [0.05, 0.1) is 0 Å². The Morgan fingerprint density at radius 3 is 2.22 bits per heavy atom. The molecule has 6 nitrogen and oxygen atoms in total. The van der Waals surface area contributed by atoms with Crippen molar-refractivity contribution in [1.82, 2.24) is 0 Å². The SMILES string of the molecule is CC(=O)OC(C)OC(=O)O[C@@H]1CC[C@@]2(C)[C@@H](CC[C@@H]3[C@@H]2CC[C@]2(C)[C@@H](C(C)=O)CC[C@@H]32)C1. The molecule has 0 N–H and O–H groups in total. The van der Waals surface area contributed by atoms with Crippen LogP contribution < -0.4 is 0 Å². The Kier molecular flexibility index (Phi) is 6.36. The van der Waals surface area contributed by atoms with Gasteiger partial charge in [0.15, 0.2) is 0 Å². The highest BCUT2D eigenvalue weighted by molar-refractivity contribution is 5.79. The van der Waals surface area contributed by atoms with Crippen LogP contribution in [0, 0.1) is 40.4 Å². The summed E-state index contributed by atoms with van der Waals surface area (Å²) < 4.78 is 15.5. The first-order chi connectivity index (χ1) is 15.0. The fourth-order valence-corrected chi connectivity index (χ4v) is 8.55. The molecule has 9 atom stereocenters. The zero-order valence-electron chi connectivity index (χ0n) is 20.4. The summed E-state index contributed by atoms with van der Waals surface area (Å²) in [7, 11) is 0. The monoisotopic (exact) mass is 448 g/mol. The minimum Gasteiger partial charge on any atom is -0.431 e. The highest BCUT2D eigenvalue weighted by atomic mass is 16.8. The van der Waals surface area contributed by atoms with Gasteiger partial charge in [-0.15, -0.1) is 0 Å². The van der Waals surface area contributed by atoms with Gasteiger partial charge in [-0.3, -0.25) is 9.59 Å². The average Bonchev–Trinajstić information content (AvgIpc) is 3.05. The lowest BCUT2D eigenvalue weighted by molar-refractivity contribution is -0.168. The van der Waals surface area contributed by atoms with Gasteiger partial charge in [0.1, 0.15) is 11.9 Å². The van der Waals surface area contributed by atoms with Crippen molar-refractivity contribution in [2.45, 2.75) is 105 Å². The molecule has 4 aliphatic rings. The van der Waals surface area contributed by atoms with E-state index in [-0.39, 0.29) is 22.9 Å². The van der Waals surface area contributed by atoms with Gasteiger partial charge in [-0.25, -0.2) is 4.79 Å². The van der Waals surface area contributed by atoms with E-state index in [0.717, 1.165) is 31.6 Å². The van der Waals surface area contributed by atoms with Crippen LogP contribution in [0.5, 0.6) is 0 Å². The van der Waals surface area contributed by atoms with Gasteiger partial charge in [-0.2, -0.15) is 0 Å². The van der Waals surface area contributed by atoms with Crippen LogP contribution in [0.3, 0.4) is 0 Å². The predicted octanol–water partition coefficient (Wildman–Crippen LogP) is 5.67. The normalized spacial score (nSPS) is 43.8. The molecular formula is C26H40O6. The molecule has 1 unspecified atom stereocenters. The van der Waals surface area contributed by atoms with Crippen molar-refractivity contribution in [2.75, 3.05) is 0 Å². The Balaban J connectivity index is 1.38. The smallest absolute Gasteiger partial charge is 0.431 e. The van der Waals surface area contributed by atoms with Crippen LogP contribution in [0.2, 0.25) is 0 Å². The molecule has 6 heteroatoms. The third kappa shape index (κ3) is 4.07. The molecule has 0 aromatic carbocycles. The summed E-state index contributed by atoms with van der Waals surface area (Å²) >= 11 is 0. The van der Waals surface area contributed by atoms with Crippen LogP contribution in [0.1, 0.15) is 92.4 Å². The standard InChI is InChI=1S/C26H40O6/c1-15(27)21-8-9-22-20-7-6-18-14-19(32-24(29)31-17(3)30-16(2)28)10-12-25(18,4)23(20)11-13-26(21,22)5/h17-23H,6-14H2,1-5H3/t17?,18-,19+,20-,21+,22-,23-,25-,26+/m0/s1. The fraction of sp³-hybridized carbons (Fsp3) is 0.885. The lowest BCUT2D eigenvalue weighted by Crippen LogP contribution is -2.54. The molecule has 4 aliphatic carbocycles. The van der Waals surface area contributed by atoms with E-state index in [1.165, 1.54) is 46.0 Å².